The lowest BCUT2D eigenvalue weighted by atomic mass is 10.1. The van der Waals surface area contributed by atoms with Crippen molar-refractivity contribution in [1.29, 1.82) is 0 Å². The zero-order chi connectivity index (χ0) is 11.9. The van der Waals surface area contributed by atoms with Crippen LogP contribution < -0.4 is 0 Å². The van der Waals surface area contributed by atoms with Gasteiger partial charge in [-0.15, -0.1) is 0 Å². The van der Waals surface area contributed by atoms with Gasteiger partial charge in [-0.1, -0.05) is 12.1 Å². The summed E-state index contributed by atoms with van der Waals surface area (Å²) >= 11 is 0. The highest BCUT2D eigenvalue weighted by atomic mass is 16.6. The Morgan fingerprint density at radius 3 is 2.69 bits per heavy atom. The SMILES string of the molecule is O=C(O)[C@@H]1C[C@H]1c1cccc([N+](=O)[O-])c1O. The first-order valence-electron chi connectivity index (χ1n) is 4.71. The number of carboxylic acids is 1. The minimum atomic E-state index is -0.934. The summed E-state index contributed by atoms with van der Waals surface area (Å²) in [6.07, 6.45) is 0.421. The van der Waals surface area contributed by atoms with Crippen LogP contribution in [0, 0.1) is 16.0 Å². The molecule has 2 atom stereocenters. The maximum atomic E-state index is 10.7. The molecule has 0 heterocycles. The van der Waals surface area contributed by atoms with E-state index in [1.54, 1.807) is 0 Å². The van der Waals surface area contributed by atoms with Gasteiger partial charge in [-0.05, 0) is 6.42 Å². The average molecular weight is 223 g/mol. The van der Waals surface area contributed by atoms with Gasteiger partial charge < -0.3 is 10.2 Å². The lowest BCUT2D eigenvalue weighted by Gasteiger charge is -2.02. The van der Waals surface area contributed by atoms with Gasteiger partial charge in [0.25, 0.3) is 0 Å². The first-order chi connectivity index (χ1) is 7.52. The van der Waals surface area contributed by atoms with Gasteiger partial charge in [0.05, 0.1) is 10.8 Å². The molecule has 16 heavy (non-hydrogen) atoms. The third-order valence-corrected chi connectivity index (χ3v) is 2.75. The number of hydrogen-bond donors (Lipinski definition) is 2. The summed E-state index contributed by atoms with van der Waals surface area (Å²) in [5.41, 5.74) is -0.0323. The van der Waals surface area contributed by atoms with Crippen LogP contribution in [0.25, 0.3) is 0 Å². The molecule has 1 fully saturated rings. The highest BCUT2D eigenvalue weighted by Crippen LogP contribution is 2.51. The number of aromatic hydroxyl groups is 1. The second-order valence-electron chi connectivity index (χ2n) is 3.76. The van der Waals surface area contributed by atoms with E-state index in [0.29, 0.717) is 12.0 Å². The Hall–Kier alpha value is -2.11. The summed E-state index contributed by atoms with van der Waals surface area (Å²) in [5, 5.41) is 28.9. The summed E-state index contributed by atoms with van der Waals surface area (Å²) in [6.45, 7) is 0. The summed E-state index contributed by atoms with van der Waals surface area (Å²) in [6, 6.07) is 4.16. The molecule has 84 valence electrons. The number of carboxylic acid groups (broad SMARTS) is 1. The van der Waals surface area contributed by atoms with Gasteiger partial charge in [0, 0.05) is 17.5 Å². The van der Waals surface area contributed by atoms with E-state index in [0.717, 1.165) is 0 Å². The van der Waals surface area contributed by atoms with Crippen molar-refractivity contribution < 1.29 is 19.9 Å². The molecule has 1 saturated carbocycles. The van der Waals surface area contributed by atoms with Gasteiger partial charge in [0.1, 0.15) is 0 Å². The molecular formula is C10H9NO5. The quantitative estimate of drug-likeness (QED) is 0.597. The van der Waals surface area contributed by atoms with E-state index >= 15 is 0 Å². The van der Waals surface area contributed by atoms with E-state index in [2.05, 4.69) is 0 Å². The summed E-state index contributed by atoms with van der Waals surface area (Å²) in [7, 11) is 0. The molecule has 0 amide bonds. The van der Waals surface area contributed by atoms with Gasteiger partial charge in [-0.3, -0.25) is 14.9 Å². The Morgan fingerprint density at radius 2 is 2.19 bits per heavy atom. The predicted molar refractivity (Wildman–Crippen MR) is 53.2 cm³/mol. The van der Waals surface area contributed by atoms with Crippen LogP contribution in [0.5, 0.6) is 5.75 Å². The molecule has 1 aromatic carbocycles. The number of rotatable bonds is 3. The monoisotopic (exact) mass is 223 g/mol. The van der Waals surface area contributed by atoms with E-state index < -0.39 is 22.6 Å². The Labute approximate surface area is 90.3 Å². The fraction of sp³-hybridized carbons (Fsp3) is 0.300. The van der Waals surface area contributed by atoms with Crippen LogP contribution in [-0.2, 0) is 4.79 Å². The largest absolute Gasteiger partial charge is 0.502 e. The normalized spacial score (nSPS) is 22.8. The minimum Gasteiger partial charge on any atom is -0.502 e. The zero-order valence-corrected chi connectivity index (χ0v) is 8.16. The summed E-state index contributed by atoms with van der Waals surface area (Å²) in [5.74, 6) is -2.19. The number of nitro groups is 1. The molecule has 1 aromatic rings. The van der Waals surface area contributed by atoms with Crippen LogP contribution in [0.1, 0.15) is 17.9 Å². The molecule has 1 aliphatic rings. The topological polar surface area (TPSA) is 101 Å². The predicted octanol–water partition coefficient (Wildman–Crippen LogP) is 1.49. The van der Waals surface area contributed by atoms with E-state index in [9.17, 15) is 20.0 Å². The fourth-order valence-electron chi connectivity index (χ4n) is 1.81. The molecule has 0 saturated heterocycles. The molecule has 0 radical (unpaired) electrons. The lowest BCUT2D eigenvalue weighted by molar-refractivity contribution is -0.385. The van der Waals surface area contributed by atoms with Crippen molar-refractivity contribution in [2.24, 2.45) is 5.92 Å². The maximum absolute atomic E-state index is 10.7. The van der Waals surface area contributed by atoms with Crippen LogP contribution in [0.3, 0.4) is 0 Å². The van der Waals surface area contributed by atoms with Crippen LogP contribution in [0.15, 0.2) is 18.2 Å². The van der Waals surface area contributed by atoms with Crippen LogP contribution in [0.4, 0.5) is 5.69 Å². The molecule has 0 spiro atoms. The number of nitro benzene ring substituents is 1. The Morgan fingerprint density at radius 1 is 1.50 bits per heavy atom. The standard InChI is InChI=1S/C10H9NO5/c12-9-5(6-4-7(6)10(13)14)2-1-3-8(9)11(15)16/h1-3,6-7,12H,4H2,(H,13,14)/t6-,7+/m0/s1. The molecule has 2 rings (SSSR count). The summed E-state index contributed by atoms with van der Waals surface area (Å²) in [4.78, 5) is 20.5. The van der Waals surface area contributed by atoms with Crippen molar-refractivity contribution >= 4 is 11.7 Å². The first-order valence-corrected chi connectivity index (χ1v) is 4.71. The van der Waals surface area contributed by atoms with Crippen molar-refractivity contribution in [2.75, 3.05) is 0 Å². The number of aliphatic carboxylic acids is 1. The average Bonchev–Trinajstić information content (AvgIpc) is 2.97. The molecule has 2 N–H and O–H groups in total. The molecule has 0 aliphatic heterocycles. The first kappa shape index (κ1) is 10.4. The lowest BCUT2D eigenvalue weighted by Crippen LogP contribution is -1.99. The van der Waals surface area contributed by atoms with Crippen LogP contribution in [0.2, 0.25) is 0 Å². The third-order valence-electron chi connectivity index (χ3n) is 2.75. The zero-order valence-electron chi connectivity index (χ0n) is 8.16. The van der Waals surface area contributed by atoms with Gasteiger partial charge in [0.15, 0.2) is 5.75 Å². The molecule has 6 heteroatoms. The van der Waals surface area contributed by atoms with E-state index in [1.165, 1.54) is 18.2 Å². The molecular weight excluding hydrogens is 214 g/mol. The molecule has 0 unspecified atom stereocenters. The number of para-hydroxylation sites is 1. The molecule has 0 bridgehead atoms. The number of carbonyl (C=O) groups is 1. The second-order valence-corrected chi connectivity index (χ2v) is 3.76. The number of phenols is 1. The van der Waals surface area contributed by atoms with Crippen LogP contribution in [-0.4, -0.2) is 21.1 Å². The van der Waals surface area contributed by atoms with Crippen molar-refractivity contribution in [3.63, 3.8) is 0 Å². The second kappa shape index (κ2) is 3.48. The van der Waals surface area contributed by atoms with E-state index in [1.807, 2.05) is 0 Å². The van der Waals surface area contributed by atoms with E-state index in [4.69, 9.17) is 5.11 Å². The van der Waals surface area contributed by atoms with E-state index in [-0.39, 0.29) is 11.6 Å². The Kier molecular flexibility index (Phi) is 2.26. The Balaban J connectivity index is 2.34. The Bertz CT molecular complexity index is 470. The molecule has 1 aliphatic carbocycles. The molecule has 6 nitrogen and oxygen atoms in total. The highest BCUT2D eigenvalue weighted by Gasteiger charge is 2.46. The number of phenolic OH excluding ortho intramolecular Hbond substituents is 1. The smallest absolute Gasteiger partial charge is 0.310 e. The number of benzene rings is 1. The highest BCUT2D eigenvalue weighted by molar-refractivity contribution is 5.76. The summed E-state index contributed by atoms with van der Waals surface area (Å²) < 4.78 is 0. The maximum Gasteiger partial charge on any atom is 0.310 e. The van der Waals surface area contributed by atoms with Crippen molar-refractivity contribution in [3.05, 3.63) is 33.9 Å². The van der Waals surface area contributed by atoms with Gasteiger partial charge in [0.2, 0.25) is 0 Å². The van der Waals surface area contributed by atoms with Crippen molar-refractivity contribution in [2.45, 2.75) is 12.3 Å². The van der Waals surface area contributed by atoms with Gasteiger partial charge >= 0.3 is 11.7 Å². The molecule has 0 aromatic heterocycles. The van der Waals surface area contributed by atoms with Crippen molar-refractivity contribution in [1.82, 2.24) is 0 Å². The minimum absolute atomic E-state index is 0.308. The van der Waals surface area contributed by atoms with Gasteiger partial charge in [-0.25, -0.2) is 0 Å². The fourth-order valence-corrected chi connectivity index (χ4v) is 1.81. The third kappa shape index (κ3) is 1.58. The number of hydrogen-bond acceptors (Lipinski definition) is 4. The van der Waals surface area contributed by atoms with Crippen molar-refractivity contribution in [3.8, 4) is 5.75 Å². The number of nitrogens with zero attached hydrogens (tertiary/aromatic N) is 1. The van der Waals surface area contributed by atoms with Gasteiger partial charge in [-0.2, -0.15) is 0 Å². The van der Waals surface area contributed by atoms with Crippen LogP contribution >= 0.6 is 0 Å².